The predicted molar refractivity (Wildman–Crippen MR) is 172 cm³/mol. The summed E-state index contributed by atoms with van der Waals surface area (Å²) < 4.78 is 0. The Hall–Kier alpha value is -5.02. The first-order chi connectivity index (χ1) is 22.2. The number of aliphatic hydroxyl groups is 1. The number of phenols is 1. The standard InChI is InChI=1S/C32H45N7O8/c1-18(2)13-24(37-29(44)19(3)33)31(46)39-26(17-40)32(47)38-25(15-21-9-11-22(41)12-10-21)30(45)35-16-27(42)36-23(28(34)43)14-20-7-5-4-6-8-20/h4-12,18-19,23-26,40-41H,13-17,33H2,1-3H3,(H2,34,43)(H,35,45)(H,36,42)(H,37,44)(H,38,47)(H,39,46)/t19-,23-,24-,25-,26-/m0/s1. The highest BCUT2D eigenvalue weighted by Crippen LogP contribution is 2.12. The molecule has 11 N–H and O–H groups in total. The molecule has 5 atom stereocenters. The van der Waals surface area contributed by atoms with Gasteiger partial charge in [0, 0.05) is 12.8 Å². The van der Waals surface area contributed by atoms with E-state index in [9.17, 15) is 39.0 Å². The van der Waals surface area contributed by atoms with Crippen LogP contribution < -0.4 is 38.1 Å². The maximum Gasteiger partial charge on any atom is 0.245 e. The molecule has 0 aliphatic carbocycles. The second-order valence-electron chi connectivity index (χ2n) is 11.6. The molecule has 0 bridgehead atoms. The molecular formula is C32H45N7O8. The van der Waals surface area contributed by atoms with E-state index in [0.717, 1.165) is 5.56 Å². The molecule has 2 rings (SSSR count). The molecule has 2 aromatic rings. The summed E-state index contributed by atoms with van der Waals surface area (Å²) in [6.07, 6.45) is 0.264. The van der Waals surface area contributed by atoms with Gasteiger partial charge >= 0.3 is 0 Å². The number of primary amides is 1. The summed E-state index contributed by atoms with van der Waals surface area (Å²) in [6.45, 7) is 3.72. The Morgan fingerprint density at radius 3 is 1.77 bits per heavy atom. The molecule has 0 saturated carbocycles. The number of carbonyl (C=O) groups is 6. The molecule has 0 radical (unpaired) electrons. The van der Waals surface area contributed by atoms with Crippen molar-refractivity contribution < 1.29 is 39.0 Å². The van der Waals surface area contributed by atoms with Gasteiger partial charge in [-0.3, -0.25) is 28.8 Å². The molecule has 0 fully saturated rings. The Bertz CT molecular complexity index is 1370. The molecule has 6 amide bonds. The first-order valence-electron chi connectivity index (χ1n) is 15.2. The lowest BCUT2D eigenvalue weighted by Crippen LogP contribution is -2.59. The largest absolute Gasteiger partial charge is 0.508 e. The number of hydrogen-bond acceptors (Lipinski definition) is 9. The number of amides is 6. The third-order valence-electron chi connectivity index (χ3n) is 6.96. The van der Waals surface area contributed by atoms with Gasteiger partial charge in [-0.2, -0.15) is 0 Å². The minimum Gasteiger partial charge on any atom is -0.508 e. The Labute approximate surface area is 273 Å². The molecule has 47 heavy (non-hydrogen) atoms. The summed E-state index contributed by atoms with van der Waals surface area (Å²) in [7, 11) is 0. The van der Waals surface area contributed by atoms with Gasteiger partial charge in [0.05, 0.1) is 19.2 Å². The molecule has 0 aromatic heterocycles. The van der Waals surface area contributed by atoms with Gasteiger partial charge in [-0.1, -0.05) is 56.3 Å². The predicted octanol–water partition coefficient (Wildman–Crippen LogP) is -1.90. The molecule has 15 heteroatoms. The van der Waals surface area contributed by atoms with Crippen molar-refractivity contribution in [3.8, 4) is 5.75 Å². The number of aromatic hydroxyl groups is 1. The van der Waals surface area contributed by atoms with Crippen molar-refractivity contribution in [2.24, 2.45) is 17.4 Å². The monoisotopic (exact) mass is 655 g/mol. The molecule has 0 unspecified atom stereocenters. The molecule has 15 nitrogen and oxygen atoms in total. The average Bonchev–Trinajstić information content (AvgIpc) is 3.02. The van der Waals surface area contributed by atoms with Crippen LogP contribution in [0.15, 0.2) is 54.6 Å². The van der Waals surface area contributed by atoms with Gasteiger partial charge in [0.15, 0.2) is 0 Å². The van der Waals surface area contributed by atoms with E-state index < -0.39 is 78.8 Å². The quantitative estimate of drug-likeness (QED) is 0.0868. The van der Waals surface area contributed by atoms with Crippen molar-refractivity contribution in [1.82, 2.24) is 26.6 Å². The highest BCUT2D eigenvalue weighted by Gasteiger charge is 2.30. The van der Waals surface area contributed by atoms with Gasteiger partial charge in [0.25, 0.3) is 0 Å². The molecule has 2 aromatic carbocycles. The summed E-state index contributed by atoms with van der Waals surface area (Å²) in [5.41, 5.74) is 12.4. The van der Waals surface area contributed by atoms with Crippen LogP contribution in [0.2, 0.25) is 0 Å². The zero-order valence-corrected chi connectivity index (χ0v) is 26.7. The van der Waals surface area contributed by atoms with E-state index in [1.54, 1.807) is 30.3 Å². The number of nitrogens with one attached hydrogen (secondary N) is 5. The van der Waals surface area contributed by atoms with E-state index in [1.807, 2.05) is 13.8 Å². The molecule has 256 valence electrons. The van der Waals surface area contributed by atoms with Crippen LogP contribution in [0.5, 0.6) is 5.75 Å². The highest BCUT2D eigenvalue weighted by atomic mass is 16.3. The third kappa shape index (κ3) is 13.5. The van der Waals surface area contributed by atoms with Gasteiger partial charge in [-0.05, 0) is 42.5 Å². The third-order valence-corrected chi connectivity index (χ3v) is 6.96. The van der Waals surface area contributed by atoms with Crippen LogP contribution in [-0.2, 0) is 41.6 Å². The number of benzene rings is 2. The van der Waals surface area contributed by atoms with Crippen LogP contribution in [-0.4, -0.2) is 89.0 Å². The van der Waals surface area contributed by atoms with Crippen molar-refractivity contribution in [3.63, 3.8) is 0 Å². The maximum absolute atomic E-state index is 13.3. The topological polar surface area (TPSA) is 255 Å². The van der Waals surface area contributed by atoms with Gasteiger partial charge in [-0.25, -0.2) is 0 Å². The molecule has 0 aliphatic heterocycles. The minimum atomic E-state index is -1.50. The lowest BCUT2D eigenvalue weighted by atomic mass is 10.0. The van der Waals surface area contributed by atoms with E-state index in [4.69, 9.17) is 11.5 Å². The van der Waals surface area contributed by atoms with Crippen molar-refractivity contribution >= 4 is 35.4 Å². The first-order valence-corrected chi connectivity index (χ1v) is 15.2. The normalized spacial score (nSPS) is 14.1. The second kappa shape index (κ2) is 18.8. The number of hydrogen-bond donors (Lipinski definition) is 9. The van der Waals surface area contributed by atoms with E-state index in [1.165, 1.54) is 31.2 Å². The molecule has 0 aliphatic rings. The lowest BCUT2D eigenvalue weighted by Gasteiger charge is -2.25. The molecular weight excluding hydrogens is 610 g/mol. The smallest absolute Gasteiger partial charge is 0.245 e. The van der Waals surface area contributed by atoms with E-state index in [-0.39, 0.29) is 30.9 Å². The SMILES string of the molecule is CC(C)C[C@H](NC(=O)[C@H](C)N)C(=O)N[C@@H](CO)C(=O)N[C@@H](Cc1ccc(O)cc1)C(=O)NCC(=O)N[C@@H](Cc1ccccc1)C(N)=O. The fourth-order valence-electron chi connectivity index (χ4n) is 4.43. The zero-order valence-electron chi connectivity index (χ0n) is 26.7. The van der Waals surface area contributed by atoms with Gasteiger partial charge < -0.3 is 48.3 Å². The maximum atomic E-state index is 13.3. The van der Waals surface area contributed by atoms with Crippen LogP contribution in [0.3, 0.4) is 0 Å². The minimum absolute atomic E-state index is 0.0206. The number of phenolic OH excluding ortho intramolecular Hbond substituents is 1. The summed E-state index contributed by atoms with van der Waals surface area (Å²) in [5, 5.41) is 31.9. The fraction of sp³-hybridized carbons (Fsp3) is 0.438. The van der Waals surface area contributed by atoms with Crippen molar-refractivity contribution in [2.75, 3.05) is 13.2 Å². The Morgan fingerprint density at radius 1 is 0.681 bits per heavy atom. The second-order valence-corrected chi connectivity index (χ2v) is 11.6. The van der Waals surface area contributed by atoms with E-state index >= 15 is 0 Å². The average molecular weight is 656 g/mol. The number of aliphatic hydroxyl groups excluding tert-OH is 1. The van der Waals surface area contributed by atoms with Gasteiger partial charge in [0.2, 0.25) is 35.4 Å². The number of carbonyl (C=O) groups excluding carboxylic acids is 6. The number of rotatable bonds is 18. The van der Waals surface area contributed by atoms with Gasteiger partial charge in [0.1, 0.15) is 29.9 Å². The zero-order chi connectivity index (χ0) is 35.1. The Balaban J connectivity index is 2.14. The lowest BCUT2D eigenvalue weighted by molar-refractivity contribution is -0.135. The summed E-state index contributed by atoms with van der Waals surface area (Å²) in [6, 6.07) is 8.93. The fourth-order valence-corrected chi connectivity index (χ4v) is 4.43. The van der Waals surface area contributed by atoms with Crippen LogP contribution in [0, 0.1) is 5.92 Å². The van der Waals surface area contributed by atoms with Crippen LogP contribution >= 0.6 is 0 Å². The van der Waals surface area contributed by atoms with Crippen molar-refractivity contribution in [3.05, 3.63) is 65.7 Å². The highest BCUT2D eigenvalue weighted by molar-refractivity contribution is 5.96. The Morgan fingerprint density at radius 2 is 1.21 bits per heavy atom. The molecule has 0 saturated heterocycles. The van der Waals surface area contributed by atoms with Crippen molar-refractivity contribution in [1.29, 1.82) is 0 Å². The summed E-state index contributed by atoms with van der Waals surface area (Å²) >= 11 is 0. The van der Waals surface area contributed by atoms with E-state index in [0.29, 0.717) is 5.56 Å². The van der Waals surface area contributed by atoms with Crippen molar-refractivity contribution in [2.45, 2.75) is 70.2 Å². The van der Waals surface area contributed by atoms with Crippen LogP contribution in [0.25, 0.3) is 0 Å². The molecule has 0 spiro atoms. The van der Waals surface area contributed by atoms with Crippen LogP contribution in [0.1, 0.15) is 38.3 Å². The number of nitrogens with two attached hydrogens (primary N) is 2. The molecule has 0 heterocycles. The Kier molecular flexibility index (Phi) is 15.3. The van der Waals surface area contributed by atoms with Crippen LogP contribution in [0.4, 0.5) is 0 Å². The van der Waals surface area contributed by atoms with E-state index in [2.05, 4.69) is 26.6 Å². The van der Waals surface area contributed by atoms with Gasteiger partial charge in [-0.15, -0.1) is 0 Å². The summed E-state index contributed by atoms with van der Waals surface area (Å²) in [5.74, 6) is -4.54. The summed E-state index contributed by atoms with van der Waals surface area (Å²) in [4.78, 5) is 76.3. The first kappa shape index (κ1) is 38.2.